The molecule has 0 bridgehead atoms. The van der Waals surface area contributed by atoms with Gasteiger partial charge in [0.05, 0.1) is 12.4 Å². The van der Waals surface area contributed by atoms with Crippen molar-refractivity contribution in [2.24, 2.45) is 9.98 Å². The molecule has 0 aliphatic carbocycles. The van der Waals surface area contributed by atoms with Crippen LogP contribution in [0.5, 0.6) is 0 Å². The zero-order valence-electron chi connectivity index (χ0n) is 5.76. The van der Waals surface area contributed by atoms with E-state index in [2.05, 4.69) is 48.5 Å². The molecule has 6 heteroatoms. The molecule has 1 atom stereocenters. The Hall–Kier alpha value is 0.280. The number of amidine groups is 1. The quantitative estimate of drug-likeness (QED) is 0.375. The third kappa shape index (κ3) is 1.63. The number of aliphatic imine (C=N–C) groups is 2. The molecule has 2 aliphatic rings. The summed E-state index contributed by atoms with van der Waals surface area (Å²) < 4.78 is 1.90. The van der Waals surface area contributed by atoms with Crippen LogP contribution in [0.2, 0.25) is 0 Å². The molecular formula is C6H4BrClIN3. The highest BCUT2D eigenvalue weighted by Gasteiger charge is 2.28. The van der Waals surface area contributed by atoms with Crippen LogP contribution in [0.15, 0.2) is 31.8 Å². The first-order chi connectivity index (χ1) is 5.29. The van der Waals surface area contributed by atoms with Crippen LogP contribution in [0.1, 0.15) is 0 Å². The van der Waals surface area contributed by atoms with Crippen LogP contribution < -0.4 is 17.3 Å². The average molecular weight is 360 g/mol. The molecule has 2 aliphatic heterocycles. The van der Waals surface area contributed by atoms with Crippen molar-refractivity contribution in [3.8, 4) is 0 Å². The number of nitrogens with one attached hydrogen (secondary N) is 1. The van der Waals surface area contributed by atoms with Gasteiger partial charge in [-0.1, -0.05) is 0 Å². The Morgan fingerprint density at radius 2 is 2.25 bits per heavy atom. The fraction of sp³-hybridized carbons (Fsp3) is 0. The van der Waals surface area contributed by atoms with Crippen LogP contribution in [-0.2, 0) is 0 Å². The molecule has 0 saturated carbocycles. The lowest BCUT2D eigenvalue weighted by atomic mass is 10.4. The first-order valence-corrected chi connectivity index (χ1v) is 4.87. The van der Waals surface area contributed by atoms with Gasteiger partial charge >= 0.3 is 0 Å². The summed E-state index contributed by atoms with van der Waals surface area (Å²) >= 11 is 5.57. The maximum absolute atomic E-state index is 4.25. The van der Waals surface area contributed by atoms with Gasteiger partial charge in [-0.2, -0.15) is 4.99 Å². The van der Waals surface area contributed by atoms with Crippen molar-refractivity contribution in [2.75, 3.05) is 0 Å². The number of nitrogens with zero attached hydrogens (tertiary/aromatic N) is 2. The molecule has 0 aromatic carbocycles. The van der Waals surface area contributed by atoms with Gasteiger partial charge in [0.15, 0.2) is 9.40 Å². The van der Waals surface area contributed by atoms with Crippen molar-refractivity contribution in [1.82, 2.24) is 0 Å². The van der Waals surface area contributed by atoms with Crippen molar-refractivity contribution in [1.29, 1.82) is 0 Å². The molecule has 0 saturated heterocycles. The van der Waals surface area contributed by atoms with Gasteiger partial charge < -0.3 is 12.4 Å². The van der Waals surface area contributed by atoms with Gasteiger partial charge in [-0.3, -0.25) is 4.99 Å². The van der Waals surface area contributed by atoms with E-state index in [1.54, 1.807) is 6.20 Å². The molecule has 0 amide bonds. The maximum atomic E-state index is 4.25. The minimum atomic E-state index is 0. The zero-order valence-corrected chi connectivity index (χ0v) is 10.3. The average Bonchev–Trinajstić information content (AvgIpc) is 2.30. The number of rotatable bonds is 0. The summed E-state index contributed by atoms with van der Waals surface area (Å²) in [5.74, 6) is 0. The number of allylic oxidation sites excluding steroid dienone is 1. The van der Waals surface area contributed by atoms with Gasteiger partial charge in [-0.05, 0) is 22.6 Å². The van der Waals surface area contributed by atoms with Gasteiger partial charge in [0, 0.05) is 15.9 Å². The van der Waals surface area contributed by atoms with Crippen molar-refractivity contribution in [3.05, 3.63) is 21.8 Å². The number of fused-ring (bicyclic) bond motifs is 1. The molecule has 0 spiro atoms. The first-order valence-electron chi connectivity index (χ1n) is 3.00. The van der Waals surface area contributed by atoms with Crippen LogP contribution in [0.3, 0.4) is 0 Å². The largest absolute Gasteiger partial charge is 1.00 e. The second-order valence-electron chi connectivity index (χ2n) is 2.11. The van der Waals surface area contributed by atoms with E-state index in [-0.39, 0.29) is 12.4 Å². The molecular weight excluding hydrogens is 356 g/mol. The van der Waals surface area contributed by atoms with Gasteiger partial charge in [-0.25, -0.2) is 4.90 Å². The Kier molecular flexibility index (Phi) is 3.45. The van der Waals surface area contributed by atoms with Crippen LogP contribution in [0.25, 0.3) is 0 Å². The summed E-state index contributed by atoms with van der Waals surface area (Å²) in [7, 11) is 0. The second-order valence-corrected chi connectivity index (χ2v) is 3.89. The number of hydrogen-bond donors (Lipinski definition) is 1. The van der Waals surface area contributed by atoms with Crippen molar-refractivity contribution >= 4 is 49.5 Å². The molecule has 2 heterocycles. The molecule has 1 N–H and O–H groups in total. The summed E-state index contributed by atoms with van der Waals surface area (Å²) in [5, 5.41) is 0. The standard InChI is InChI=1S/C6H3BrIN3.ClH/c7-6-10-5(8)4-3-9-1-2-11(4)6;/h1-3H;1H. The zero-order chi connectivity index (χ0) is 7.84. The van der Waals surface area contributed by atoms with E-state index >= 15 is 0 Å². The lowest BCUT2D eigenvalue weighted by Crippen LogP contribution is -3.06. The predicted octanol–water partition coefficient (Wildman–Crippen LogP) is -2.20. The Balaban J connectivity index is 0.000000720. The highest BCUT2D eigenvalue weighted by molar-refractivity contribution is 14.1. The lowest BCUT2D eigenvalue weighted by molar-refractivity contribution is -0.684. The fourth-order valence-corrected chi connectivity index (χ4v) is 2.47. The summed E-state index contributed by atoms with van der Waals surface area (Å²) in [6, 6.07) is 0. The minimum Gasteiger partial charge on any atom is -1.00 e. The molecule has 0 fully saturated rings. The minimum absolute atomic E-state index is 0. The predicted molar refractivity (Wildman–Crippen MR) is 56.0 cm³/mol. The van der Waals surface area contributed by atoms with E-state index in [1.807, 2.05) is 12.4 Å². The maximum Gasteiger partial charge on any atom is 0.280 e. The summed E-state index contributed by atoms with van der Waals surface area (Å²) in [6.07, 6.45) is 5.55. The smallest absolute Gasteiger partial charge is 0.280 e. The van der Waals surface area contributed by atoms with E-state index in [1.165, 1.54) is 0 Å². The topological polar surface area (TPSA) is 29.2 Å². The van der Waals surface area contributed by atoms with Gasteiger partial charge in [-0.15, -0.1) is 0 Å². The molecule has 0 radical (unpaired) electrons. The third-order valence-corrected chi connectivity index (χ3v) is 2.89. The van der Waals surface area contributed by atoms with Crippen molar-refractivity contribution < 1.29 is 17.3 Å². The van der Waals surface area contributed by atoms with E-state index in [4.69, 9.17) is 0 Å². The van der Waals surface area contributed by atoms with E-state index < -0.39 is 0 Å². The summed E-state index contributed by atoms with van der Waals surface area (Å²) in [4.78, 5) is 9.40. The molecule has 3 nitrogen and oxygen atoms in total. The van der Waals surface area contributed by atoms with Crippen molar-refractivity contribution in [2.45, 2.75) is 0 Å². The Morgan fingerprint density at radius 3 is 2.92 bits per heavy atom. The van der Waals surface area contributed by atoms with Crippen LogP contribution in [0, 0.1) is 0 Å². The van der Waals surface area contributed by atoms with Crippen LogP contribution in [-0.4, -0.2) is 11.0 Å². The number of quaternary nitrogens is 1. The molecule has 2 rings (SSSR count). The van der Waals surface area contributed by atoms with E-state index in [0.717, 1.165) is 19.0 Å². The van der Waals surface area contributed by atoms with Crippen LogP contribution >= 0.6 is 38.5 Å². The summed E-state index contributed by atoms with van der Waals surface area (Å²) in [5.41, 5.74) is 1.11. The second kappa shape index (κ2) is 3.99. The van der Waals surface area contributed by atoms with Gasteiger partial charge in [0.2, 0.25) is 0 Å². The normalized spacial score (nSPS) is 25.2. The van der Waals surface area contributed by atoms with Gasteiger partial charge in [0.25, 0.3) is 4.74 Å². The third-order valence-electron chi connectivity index (χ3n) is 1.46. The first kappa shape index (κ1) is 10.4. The molecule has 64 valence electrons. The molecule has 1 unspecified atom stereocenters. The SMILES string of the molecule is BrC1=NC(I)=C2C=NC=C[NH+]12.[Cl-]. The molecule has 12 heavy (non-hydrogen) atoms. The highest BCUT2D eigenvalue weighted by Crippen LogP contribution is 2.16. The van der Waals surface area contributed by atoms with E-state index in [9.17, 15) is 0 Å². The van der Waals surface area contributed by atoms with Crippen LogP contribution in [0.4, 0.5) is 0 Å². The Bertz CT molecular complexity index is 321. The number of hydrogen-bond acceptors (Lipinski definition) is 2. The fourth-order valence-electron chi connectivity index (χ4n) is 0.945. The Labute approximate surface area is 98.0 Å². The summed E-state index contributed by atoms with van der Waals surface area (Å²) in [6.45, 7) is 0. The van der Waals surface area contributed by atoms with Crippen molar-refractivity contribution in [3.63, 3.8) is 0 Å². The monoisotopic (exact) mass is 359 g/mol. The Morgan fingerprint density at radius 1 is 1.50 bits per heavy atom. The van der Waals surface area contributed by atoms with Gasteiger partial charge in [0.1, 0.15) is 6.20 Å². The lowest BCUT2D eigenvalue weighted by Gasteiger charge is -2.07. The number of halogens is 3. The molecule has 0 aromatic heterocycles. The molecule has 0 aromatic rings. The van der Waals surface area contributed by atoms with E-state index in [0.29, 0.717) is 0 Å². The highest BCUT2D eigenvalue weighted by atomic mass is 127.